The van der Waals surface area contributed by atoms with Crippen LogP contribution in [-0.2, 0) is 6.61 Å². The summed E-state index contributed by atoms with van der Waals surface area (Å²) < 4.78 is 13.9. The van der Waals surface area contributed by atoms with Crippen molar-refractivity contribution in [3.63, 3.8) is 0 Å². The number of benzene rings is 5. The molecule has 0 unspecified atom stereocenters. The maximum Gasteiger partial charge on any atom is 0.222 e. The number of hydrogen-bond acceptors (Lipinski definition) is 5. The zero-order valence-electron chi connectivity index (χ0n) is 26.2. The minimum Gasteiger partial charge on any atom is -0.497 e. The Kier molecular flexibility index (Phi) is 7.61. The van der Waals surface area contributed by atoms with Crippen LogP contribution in [0, 0.1) is 0 Å². The molecule has 6 nitrogen and oxygen atoms in total. The summed E-state index contributed by atoms with van der Waals surface area (Å²) in [4.78, 5) is 9.17. The number of hydrogen-bond donors (Lipinski definition) is 1. The third kappa shape index (κ3) is 5.55. The molecule has 6 heteroatoms. The van der Waals surface area contributed by atoms with Gasteiger partial charge < -0.3 is 14.6 Å². The summed E-state index contributed by atoms with van der Waals surface area (Å²) in [5.41, 5.74) is 9.28. The number of aliphatic hydroxyl groups is 1. The van der Waals surface area contributed by atoms with E-state index in [0.717, 1.165) is 66.6 Å². The van der Waals surface area contributed by atoms with Crippen LogP contribution in [0.5, 0.6) is 17.4 Å². The van der Waals surface area contributed by atoms with Crippen molar-refractivity contribution in [2.75, 3.05) is 7.11 Å². The summed E-state index contributed by atoms with van der Waals surface area (Å²) in [5.74, 6) is 2.53. The first-order valence-corrected chi connectivity index (χ1v) is 15.8. The number of fused-ring (bicyclic) bond motifs is 3. The van der Waals surface area contributed by atoms with Gasteiger partial charge in [-0.3, -0.25) is 4.57 Å². The van der Waals surface area contributed by atoms with Gasteiger partial charge in [-0.1, -0.05) is 78.9 Å². The van der Waals surface area contributed by atoms with Crippen LogP contribution >= 0.6 is 0 Å². The van der Waals surface area contributed by atoms with Gasteiger partial charge in [-0.15, -0.1) is 0 Å². The quantitative estimate of drug-likeness (QED) is 0.182. The predicted molar refractivity (Wildman–Crippen MR) is 192 cm³/mol. The summed E-state index contributed by atoms with van der Waals surface area (Å²) in [7, 11) is 1.63. The molecular formula is C42H31N3O3. The van der Waals surface area contributed by atoms with Crippen molar-refractivity contribution in [3.05, 3.63) is 157 Å². The number of pyridine rings is 2. The van der Waals surface area contributed by atoms with Crippen molar-refractivity contribution in [1.29, 1.82) is 0 Å². The topological polar surface area (TPSA) is 69.4 Å². The molecule has 1 N–H and O–H groups in total. The monoisotopic (exact) mass is 625 g/mol. The number of nitrogens with zero attached hydrogens (tertiary/aromatic N) is 3. The molecule has 0 radical (unpaired) electrons. The summed E-state index contributed by atoms with van der Waals surface area (Å²) in [5, 5.41) is 12.2. The van der Waals surface area contributed by atoms with Crippen molar-refractivity contribution in [1.82, 2.24) is 14.5 Å². The Morgan fingerprint density at radius 1 is 0.542 bits per heavy atom. The van der Waals surface area contributed by atoms with E-state index in [1.807, 2.05) is 48.5 Å². The molecule has 5 aromatic carbocycles. The fourth-order valence-electron chi connectivity index (χ4n) is 6.26. The molecule has 0 spiro atoms. The van der Waals surface area contributed by atoms with E-state index >= 15 is 0 Å². The highest BCUT2D eigenvalue weighted by molar-refractivity contribution is 6.11. The van der Waals surface area contributed by atoms with Crippen molar-refractivity contribution < 1.29 is 14.6 Å². The zero-order chi connectivity index (χ0) is 32.5. The molecule has 0 amide bonds. The lowest BCUT2D eigenvalue weighted by atomic mass is 9.97. The van der Waals surface area contributed by atoms with E-state index in [9.17, 15) is 5.11 Å². The van der Waals surface area contributed by atoms with Crippen molar-refractivity contribution in [3.8, 4) is 56.6 Å². The van der Waals surface area contributed by atoms with Gasteiger partial charge in [0.15, 0.2) is 0 Å². The van der Waals surface area contributed by atoms with Gasteiger partial charge in [-0.25, -0.2) is 9.97 Å². The highest BCUT2D eigenvalue weighted by Crippen LogP contribution is 2.39. The second kappa shape index (κ2) is 12.5. The highest BCUT2D eigenvalue weighted by atomic mass is 16.5. The van der Waals surface area contributed by atoms with Gasteiger partial charge in [0.25, 0.3) is 0 Å². The highest BCUT2D eigenvalue weighted by Gasteiger charge is 2.17. The summed E-state index contributed by atoms with van der Waals surface area (Å²) in [6.07, 6.45) is 3.42. The van der Waals surface area contributed by atoms with E-state index in [4.69, 9.17) is 14.5 Å². The molecule has 0 fully saturated rings. The van der Waals surface area contributed by atoms with Crippen LogP contribution in [0.1, 0.15) is 5.56 Å². The van der Waals surface area contributed by atoms with E-state index in [2.05, 4.69) is 88.4 Å². The van der Waals surface area contributed by atoms with E-state index in [1.165, 1.54) is 0 Å². The standard InChI is InChI=1S/C42H31N3O3/c1-47-35-17-19-44-42(26-35)48-36-22-33(30-10-6-3-7-11-30)21-34(23-36)32-12-14-37-38-24-31(29-8-4-2-5-9-29)13-15-39(38)45(40(37)25-32)41-20-28(27-46)16-18-43-41/h2-26,46H,27H2,1H3. The van der Waals surface area contributed by atoms with Crippen molar-refractivity contribution >= 4 is 21.8 Å². The molecule has 8 aromatic rings. The Morgan fingerprint density at radius 2 is 1.23 bits per heavy atom. The lowest BCUT2D eigenvalue weighted by molar-refractivity contribution is 0.281. The van der Waals surface area contributed by atoms with E-state index in [0.29, 0.717) is 17.4 Å². The van der Waals surface area contributed by atoms with Gasteiger partial charge in [0, 0.05) is 29.2 Å². The minimum absolute atomic E-state index is 0.0622. The molecule has 0 aliphatic rings. The lowest BCUT2D eigenvalue weighted by Crippen LogP contribution is -1.99. The third-order valence-corrected chi connectivity index (χ3v) is 8.61. The van der Waals surface area contributed by atoms with Crippen LogP contribution in [0.3, 0.4) is 0 Å². The smallest absolute Gasteiger partial charge is 0.222 e. The molecular weight excluding hydrogens is 594 g/mol. The maximum atomic E-state index is 9.96. The lowest BCUT2D eigenvalue weighted by Gasteiger charge is -2.13. The summed E-state index contributed by atoms with van der Waals surface area (Å²) in [6.45, 7) is -0.0622. The molecule has 0 saturated heterocycles. The number of ether oxygens (including phenoxy) is 2. The fourth-order valence-corrected chi connectivity index (χ4v) is 6.26. The van der Waals surface area contributed by atoms with Gasteiger partial charge in [0.05, 0.1) is 24.8 Å². The normalized spacial score (nSPS) is 11.2. The minimum atomic E-state index is -0.0622. The second-order valence-electron chi connectivity index (χ2n) is 11.6. The molecule has 0 aliphatic heterocycles. The molecule has 3 heterocycles. The SMILES string of the molecule is COc1ccnc(Oc2cc(-c3ccccc3)cc(-c3ccc4c5cc(-c6ccccc6)ccc5n(-c5cc(CO)ccn5)c4c3)c2)c1. The van der Waals surface area contributed by atoms with Crippen LogP contribution in [0.2, 0.25) is 0 Å². The second-order valence-corrected chi connectivity index (χ2v) is 11.6. The average molecular weight is 626 g/mol. The first kappa shape index (κ1) is 29.2. The number of aliphatic hydroxyl groups excluding tert-OH is 1. The molecule has 232 valence electrons. The van der Waals surface area contributed by atoms with Crippen LogP contribution < -0.4 is 9.47 Å². The Hall–Kier alpha value is -6.24. The van der Waals surface area contributed by atoms with E-state index in [1.54, 1.807) is 31.6 Å². The number of methoxy groups -OCH3 is 1. The molecule has 0 aliphatic carbocycles. The zero-order valence-corrected chi connectivity index (χ0v) is 26.2. The van der Waals surface area contributed by atoms with E-state index in [-0.39, 0.29) is 6.61 Å². The van der Waals surface area contributed by atoms with Crippen molar-refractivity contribution in [2.45, 2.75) is 6.61 Å². The van der Waals surface area contributed by atoms with Crippen molar-refractivity contribution in [2.24, 2.45) is 0 Å². The Bertz CT molecular complexity index is 2400. The van der Waals surface area contributed by atoms with Gasteiger partial charge in [0.1, 0.15) is 17.3 Å². The average Bonchev–Trinajstić information content (AvgIpc) is 3.48. The maximum absolute atomic E-state index is 9.96. The summed E-state index contributed by atoms with van der Waals surface area (Å²) in [6, 6.07) is 47.4. The number of rotatable bonds is 8. The Balaban J connectivity index is 1.33. The van der Waals surface area contributed by atoms with E-state index < -0.39 is 0 Å². The Morgan fingerprint density at radius 3 is 1.98 bits per heavy atom. The molecule has 48 heavy (non-hydrogen) atoms. The first-order valence-electron chi connectivity index (χ1n) is 15.8. The van der Waals surface area contributed by atoms with Crippen LogP contribution in [0.4, 0.5) is 0 Å². The van der Waals surface area contributed by atoms with Crippen LogP contribution in [0.15, 0.2) is 152 Å². The number of aromatic nitrogens is 3. The van der Waals surface area contributed by atoms with Gasteiger partial charge in [-0.05, 0) is 93.5 Å². The molecule has 8 rings (SSSR count). The third-order valence-electron chi connectivity index (χ3n) is 8.61. The van der Waals surface area contributed by atoms with Crippen LogP contribution in [0.25, 0.3) is 61.0 Å². The molecule has 0 saturated carbocycles. The van der Waals surface area contributed by atoms with Gasteiger partial charge in [0.2, 0.25) is 5.88 Å². The molecule has 0 atom stereocenters. The predicted octanol–water partition coefficient (Wildman–Crippen LogP) is 9.87. The largest absolute Gasteiger partial charge is 0.497 e. The first-order chi connectivity index (χ1) is 23.7. The Labute approximate surface area is 278 Å². The fraction of sp³-hybridized carbons (Fsp3) is 0.0476. The molecule has 3 aromatic heterocycles. The van der Waals surface area contributed by atoms with Gasteiger partial charge >= 0.3 is 0 Å². The van der Waals surface area contributed by atoms with Crippen LogP contribution in [-0.4, -0.2) is 26.8 Å². The summed E-state index contributed by atoms with van der Waals surface area (Å²) >= 11 is 0. The molecule has 0 bridgehead atoms. The van der Waals surface area contributed by atoms with Gasteiger partial charge in [-0.2, -0.15) is 0 Å².